The van der Waals surface area contributed by atoms with Gasteiger partial charge in [-0.15, -0.1) is 11.3 Å². The van der Waals surface area contributed by atoms with Crippen LogP contribution in [0.25, 0.3) is 0 Å². The highest BCUT2D eigenvalue weighted by Crippen LogP contribution is 2.34. The van der Waals surface area contributed by atoms with Gasteiger partial charge in [-0.3, -0.25) is 0 Å². The van der Waals surface area contributed by atoms with Gasteiger partial charge in [-0.25, -0.2) is 4.99 Å². The Hall–Kier alpha value is 0.190. The van der Waals surface area contributed by atoms with Crippen molar-refractivity contribution in [1.82, 2.24) is 0 Å². The number of hydrogen-bond acceptors (Lipinski definition) is 3. The summed E-state index contributed by atoms with van der Waals surface area (Å²) in [5.41, 5.74) is 0. The van der Waals surface area contributed by atoms with Crippen molar-refractivity contribution < 1.29 is 0 Å². The molecule has 0 radical (unpaired) electrons. The van der Waals surface area contributed by atoms with Crippen molar-refractivity contribution in [2.45, 2.75) is 4.90 Å². The van der Waals surface area contributed by atoms with E-state index < -0.39 is 0 Å². The summed E-state index contributed by atoms with van der Waals surface area (Å²) in [6.07, 6.45) is 0. The lowest BCUT2D eigenvalue weighted by Crippen LogP contribution is -1.58. The number of rotatable bonds is 3. The molecule has 0 saturated heterocycles. The predicted molar refractivity (Wildman–Crippen MR) is 62.5 cm³/mol. The molecule has 0 aromatic carbocycles. The largest absolute Gasteiger partial charge is 0.238 e. The van der Waals surface area contributed by atoms with Gasteiger partial charge in [0, 0.05) is 4.90 Å². The van der Waals surface area contributed by atoms with Crippen LogP contribution in [0.4, 0.5) is 5.00 Å². The molecule has 0 aliphatic carbocycles. The molecule has 0 atom stereocenters. The second-order valence-electron chi connectivity index (χ2n) is 1.60. The minimum absolute atomic E-state index is 1.06. The first-order valence-corrected chi connectivity index (χ1v) is 5.86. The Labute approximate surface area is 87.8 Å². The molecule has 1 aromatic rings. The maximum absolute atomic E-state index is 4.20. The quantitative estimate of drug-likeness (QED) is 0.465. The van der Waals surface area contributed by atoms with Gasteiger partial charge in [-0.2, -0.15) is 0 Å². The average Bonchev–Trinajstić information content (AvgIpc) is 2.39. The average molecular weight is 295 g/mol. The van der Waals surface area contributed by atoms with Gasteiger partial charge in [0.15, 0.2) is 0 Å². The topological polar surface area (TPSA) is 12.4 Å². The fourth-order valence-corrected chi connectivity index (χ4v) is 2.56. The Bertz CT molecular complexity index is 267. The van der Waals surface area contributed by atoms with Crippen LogP contribution in [-0.2, 0) is 0 Å². The lowest BCUT2D eigenvalue weighted by atomic mass is 10.6. The van der Waals surface area contributed by atoms with Crippen molar-refractivity contribution in [1.29, 1.82) is 0 Å². The van der Waals surface area contributed by atoms with Crippen LogP contribution in [0.5, 0.6) is 0 Å². The summed E-state index contributed by atoms with van der Waals surface area (Å²) in [4.78, 5) is 5.38. The van der Waals surface area contributed by atoms with E-state index in [0.29, 0.717) is 0 Å². The second kappa shape index (κ2) is 4.95. The van der Waals surface area contributed by atoms with Crippen molar-refractivity contribution in [3.05, 3.63) is 23.4 Å². The van der Waals surface area contributed by atoms with E-state index in [4.69, 9.17) is 0 Å². The third-order valence-electron chi connectivity index (χ3n) is 0.986. The molecule has 1 aromatic heterocycles. The van der Waals surface area contributed by atoms with Gasteiger partial charge in [0.25, 0.3) is 0 Å². The van der Waals surface area contributed by atoms with Crippen LogP contribution >= 0.6 is 45.7 Å². The number of nitrogens with zero attached hydrogens (tertiary/aromatic N) is 1. The molecule has 4 heteroatoms. The Morgan fingerprint density at radius 2 is 2.55 bits per heavy atom. The van der Waals surface area contributed by atoms with Gasteiger partial charge in [0.1, 0.15) is 5.00 Å². The number of hydrogen-bond donors (Lipinski definition) is 0. The molecule has 0 amide bonds. The standard InChI is InChI=1S/C7H6INS2/c1-2-10-6-3-4-11-7(6)9-5-8/h2-5H,1H2/b9-5+. The lowest BCUT2D eigenvalue weighted by molar-refractivity contribution is 1.50. The summed E-state index contributed by atoms with van der Waals surface area (Å²) >= 11 is 5.36. The van der Waals surface area contributed by atoms with E-state index in [2.05, 4.69) is 40.2 Å². The smallest absolute Gasteiger partial charge is 0.130 e. The summed E-state index contributed by atoms with van der Waals surface area (Å²) in [5.74, 6) is 0. The van der Waals surface area contributed by atoms with Crippen molar-refractivity contribution in [2.75, 3.05) is 0 Å². The van der Waals surface area contributed by atoms with Crippen molar-refractivity contribution in [3.63, 3.8) is 0 Å². The highest BCUT2D eigenvalue weighted by atomic mass is 127. The molecule has 0 spiro atoms. The molecule has 58 valence electrons. The normalized spacial score (nSPS) is 10.6. The summed E-state index contributed by atoms with van der Waals surface area (Å²) in [6.45, 7) is 3.65. The number of aliphatic imine (C=N–C) groups is 1. The fraction of sp³-hybridized carbons (Fsp3) is 0. The maximum Gasteiger partial charge on any atom is 0.130 e. The van der Waals surface area contributed by atoms with E-state index in [1.807, 2.05) is 10.8 Å². The molecule has 11 heavy (non-hydrogen) atoms. The Morgan fingerprint density at radius 1 is 1.73 bits per heavy atom. The molecule has 0 unspecified atom stereocenters. The minimum Gasteiger partial charge on any atom is -0.238 e. The van der Waals surface area contributed by atoms with Gasteiger partial charge < -0.3 is 0 Å². The van der Waals surface area contributed by atoms with E-state index in [1.165, 1.54) is 4.90 Å². The van der Waals surface area contributed by atoms with Crippen molar-refractivity contribution >= 4 is 54.9 Å². The zero-order valence-corrected chi connectivity index (χ0v) is 9.45. The zero-order chi connectivity index (χ0) is 8.10. The van der Waals surface area contributed by atoms with Gasteiger partial charge >= 0.3 is 0 Å². The van der Waals surface area contributed by atoms with Crippen LogP contribution in [0.2, 0.25) is 0 Å². The van der Waals surface area contributed by atoms with Crippen LogP contribution in [0.15, 0.2) is 33.3 Å². The van der Waals surface area contributed by atoms with E-state index in [0.717, 1.165) is 5.00 Å². The molecule has 0 saturated carbocycles. The first-order chi connectivity index (χ1) is 5.38. The van der Waals surface area contributed by atoms with E-state index in [9.17, 15) is 0 Å². The number of thiophene rings is 1. The molecule has 1 heterocycles. The predicted octanol–water partition coefficient (Wildman–Crippen LogP) is 4.08. The van der Waals surface area contributed by atoms with E-state index >= 15 is 0 Å². The summed E-state index contributed by atoms with van der Waals surface area (Å²) in [7, 11) is 0. The van der Waals surface area contributed by atoms with Crippen LogP contribution in [-0.4, -0.2) is 4.22 Å². The van der Waals surface area contributed by atoms with Gasteiger partial charge in [-0.1, -0.05) is 18.3 Å². The molecule has 0 fully saturated rings. The summed E-state index contributed by atoms with van der Waals surface area (Å²) in [6, 6.07) is 2.05. The first-order valence-electron chi connectivity index (χ1n) is 2.86. The zero-order valence-electron chi connectivity index (χ0n) is 5.66. The van der Waals surface area contributed by atoms with Crippen LogP contribution in [0.3, 0.4) is 0 Å². The molecule has 0 N–H and O–H groups in total. The highest BCUT2D eigenvalue weighted by molar-refractivity contribution is 14.1. The van der Waals surface area contributed by atoms with Gasteiger partial charge in [0.05, 0.1) is 4.22 Å². The molecule has 1 rings (SSSR count). The molecular weight excluding hydrogens is 289 g/mol. The minimum atomic E-state index is 1.06. The van der Waals surface area contributed by atoms with Crippen LogP contribution in [0.1, 0.15) is 0 Å². The van der Waals surface area contributed by atoms with E-state index in [1.54, 1.807) is 27.3 Å². The molecule has 1 nitrogen and oxygen atoms in total. The van der Waals surface area contributed by atoms with Gasteiger partial charge in [0.2, 0.25) is 0 Å². The Morgan fingerprint density at radius 3 is 3.18 bits per heavy atom. The molecule has 0 aliphatic rings. The monoisotopic (exact) mass is 295 g/mol. The second-order valence-corrected chi connectivity index (χ2v) is 4.06. The number of thioether (sulfide) groups is 1. The lowest BCUT2D eigenvalue weighted by Gasteiger charge is -1.90. The fourth-order valence-electron chi connectivity index (χ4n) is 0.607. The van der Waals surface area contributed by atoms with Crippen molar-refractivity contribution in [2.24, 2.45) is 4.99 Å². The van der Waals surface area contributed by atoms with Crippen LogP contribution in [0, 0.1) is 0 Å². The SMILES string of the molecule is C=CSc1ccsc1/N=C/I. The first kappa shape index (κ1) is 9.28. The third kappa shape index (κ3) is 2.61. The highest BCUT2D eigenvalue weighted by Gasteiger charge is 1.99. The summed E-state index contributed by atoms with van der Waals surface area (Å²) in [5, 5.41) is 4.91. The Balaban J connectivity index is 2.86. The molecule has 0 bridgehead atoms. The van der Waals surface area contributed by atoms with Crippen LogP contribution < -0.4 is 0 Å². The molecular formula is C7H6INS2. The number of halogens is 1. The van der Waals surface area contributed by atoms with E-state index in [-0.39, 0.29) is 0 Å². The maximum atomic E-state index is 4.20. The summed E-state index contributed by atoms with van der Waals surface area (Å²) < 4.78 is 1.77. The third-order valence-corrected chi connectivity index (χ3v) is 2.96. The van der Waals surface area contributed by atoms with Crippen molar-refractivity contribution in [3.8, 4) is 0 Å². The Kier molecular flexibility index (Phi) is 4.17. The van der Waals surface area contributed by atoms with Gasteiger partial charge in [-0.05, 0) is 39.4 Å². The molecule has 0 aliphatic heterocycles.